The van der Waals surface area contributed by atoms with Crippen molar-refractivity contribution in [3.63, 3.8) is 0 Å². The Morgan fingerprint density at radius 1 is 1.57 bits per heavy atom. The maximum atomic E-state index is 12.8. The average molecular weight is 329 g/mol. The normalized spacial score (nSPS) is 17.4. The number of hydrogen-bond donors (Lipinski definition) is 2. The van der Waals surface area contributed by atoms with Gasteiger partial charge in [0.2, 0.25) is 5.91 Å². The molecule has 0 bridgehead atoms. The molecule has 3 aromatic heterocycles. The van der Waals surface area contributed by atoms with Crippen LogP contribution in [0.2, 0.25) is 0 Å². The average Bonchev–Trinajstić information content (AvgIpc) is 3.24. The van der Waals surface area contributed by atoms with Gasteiger partial charge in [0, 0.05) is 11.9 Å². The number of aromatic nitrogens is 4. The van der Waals surface area contributed by atoms with Crippen molar-refractivity contribution in [3.05, 3.63) is 27.6 Å². The fraction of sp³-hybridized carbons (Fsp3) is 0.438. The quantitative estimate of drug-likeness (QED) is 0.775. The zero-order valence-corrected chi connectivity index (χ0v) is 14.0. The van der Waals surface area contributed by atoms with Gasteiger partial charge in [0.25, 0.3) is 0 Å². The second-order valence-electron chi connectivity index (χ2n) is 5.95. The van der Waals surface area contributed by atoms with E-state index in [1.807, 2.05) is 7.05 Å². The largest absolute Gasteiger partial charge is 0.310 e. The molecule has 3 aromatic rings. The van der Waals surface area contributed by atoms with Crippen molar-refractivity contribution >= 4 is 34.1 Å². The van der Waals surface area contributed by atoms with Gasteiger partial charge >= 0.3 is 0 Å². The van der Waals surface area contributed by atoms with Crippen LogP contribution >= 0.6 is 11.3 Å². The Morgan fingerprint density at radius 2 is 2.43 bits per heavy atom. The molecule has 0 aromatic carbocycles. The predicted octanol–water partition coefficient (Wildman–Crippen LogP) is 2.98. The van der Waals surface area contributed by atoms with Crippen LogP contribution in [0.15, 0.2) is 11.4 Å². The van der Waals surface area contributed by atoms with Gasteiger partial charge in [-0.1, -0.05) is 6.92 Å². The Bertz CT molecular complexity index is 874. The summed E-state index contributed by atoms with van der Waals surface area (Å²) >= 11 is 1.75. The minimum absolute atomic E-state index is 0.0424. The summed E-state index contributed by atoms with van der Waals surface area (Å²) in [6.45, 7) is 2.05. The molecule has 1 aliphatic carbocycles. The third-order valence-corrected chi connectivity index (χ3v) is 5.56. The van der Waals surface area contributed by atoms with Crippen LogP contribution < -0.4 is 5.32 Å². The molecule has 7 heteroatoms. The number of hydrogen-bond acceptors (Lipinski definition) is 4. The van der Waals surface area contributed by atoms with Crippen LogP contribution in [0, 0.1) is 0 Å². The molecule has 6 nitrogen and oxygen atoms in total. The fourth-order valence-electron chi connectivity index (χ4n) is 3.43. The molecule has 4 rings (SSSR count). The van der Waals surface area contributed by atoms with Crippen LogP contribution in [0.1, 0.15) is 41.8 Å². The van der Waals surface area contributed by atoms with E-state index in [9.17, 15) is 4.79 Å². The number of carbonyl (C=O) groups is 1. The van der Waals surface area contributed by atoms with Crippen molar-refractivity contribution in [2.75, 3.05) is 5.32 Å². The smallest absolute Gasteiger partial charge is 0.233 e. The predicted molar refractivity (Wildman–Crippen MR) is 90.9 cm³/mol. The lowest BCUT2D eigenvalue weighted by Gasteiger charge is -2.21. The lowest BCUT2D eigenvalue weighted by molar-refractivity contribution is -0.117. The minimum Gasteiger partial charge on any atom is -0.310 e. The molecule has 2 N–H and O–H groups in total. The van der Waals surface area contributed by atoms with E-state index in [-0.39, 0.29) is 11.8 Å². The summed E-state index contributed by atoms with van der Waals surface area (Å²) in [6.07, 6.45) is 3.86. The van der Waals surface area contributed by atoms with Crippen LogP contribution in [0.4, 0.5) is 5.82 Å². The molecule has 1 unspecified atom stereocenters. The number of thiophene rings is 1. The first kappa shape index (κ1) is 14.4. The number of nitrogens with zero attached hydrogens (tertiary/aromatic N) is 3. The van der Waals surface area contributed by atoms with E-state index in [1.165, 1.54) is 10.4 Å². The first-order valence-corrected chi connectivity index (χ1v) is 8.84. The maximum absolute atomic E-state index is 12.8. The summed E-state index contributed by atoms with van der Waals surface area (Å²) in [7, 11) is 1.87. The Kier molecular flexibility index (Phi) is 3.45. The highest BCUT2D eigenvalue weighted by Crippen LogP contribution is 2.36. The highest BCUT2D eigenvalue weighted by atomic mass is 32.1. The van der Waals surface area contributed by atoms with Crippen LogP contribution in [0.5, 0.6) is 0 Å². The lowest BCUT2D eigenvalue weighted by Crippen LogP contribution is -2.24. The Balaban J connectivity index is 1.66. The first-order valence-electron chi connectivity index (χ1n) is 7.96. The van der Waals surface area contributed by atoms with E-state index in [4.69, 9.17) is 0 Å². The van der Waals surface area contributed by atoms with Gasteiger partial charge in [-0.05, 0) is 42.7 Å². The number of anilines is 1. The minimum atomic E-state index is -0.0647. The monoisotopic (exact) mass is 329 g/mol. The molecule has 1 amide bonds. The molecule has 0 saturated carbocycles. The van der Waals surface area contributed by atoms with Crippen molar-refractivity contribution in [1.82, 2.24) is 20.0 Å². The van der Waals surface area contributed by atoms with E-state index >= 15 is 0 Å². The standard InChI is InChI=1S/C16H19N5OS/c1-3-11-13-14(18-19-15(13)21(2)20-11)17-16(22)10-5-4-6-12-9(10)7-8-23-12/h7-8,10H,3-6H2,1-2H3,(H2,17,18,19,22). The molecule has 0 saturated heterocycles. The summed E-state index contributed by atoms with van der Waals surface area (Å²) in [6, 6.07) is 2.09. The van der Waals surface area contributed by atoms with Crippen LogP contribution in [-0.4, -0.2) is 25.9 Å². The van der Waals surface area contributed by atoms with Crippen molar-refractivity contribution < 1.29 is 4.79 Å². The molecule has 0 spiro atoms. The van der Waals surface area contributed by atoms with E-state index in [2.05, 4.69) is 39.0 Å². The van der Waals surface area contributed by atoms with Gasteiger partial charge in [-0.15, -0.1) is 11.3 Å². The number of aryl methyl sites for hydroxylation is 3. The van der Waals surface area contributed by atoms with Gasteiger partial charge in [-0.3, -0.25) is 9.89 Å². The third-order valence-electron chi connectivity index (χ3n) is 4.56. The van der Waals surface area contributed by atoms with Crippen LogP contribution in [-0.2, 0) is 24.7 Å². The number of nitrogens with one attached hydrogen (secondary N) is 2. The molecule has 1 atom stereocenters. The zero-order valence-electron chi connectivity index (χ0n) is 13.2. The highest BCUT2D eigenvalue weighted by Gasteiger charge is 2.28. The van der Waals surface area contributed by atoms with Gasteiger partial charge in [0.1, 0.15) is 5.82 Å². The number of carbonyl (C=O) groups excluding carboxylic acids is 1. The molecule has 0 radical (unpaired) electrons. The summed E-state index contributed by atoms with van der Waals surface area (Å²) in [4.78, 5) is 14.1. The zero-order chi connectivity index (χ0) is 16.0. The van der Waals surface area contributed by atoms with E-state index < -0.39 is 0 Å². The Labute approximate surface area is 137 Å². The first-order chi connectivity index (χ1) is 11.2. The maximum Gasteiger partial charge on any atom is 0.233 e. The van der Waals surface area contributed by atoms with Crippen molar-refractivity contribution in [2.24, 2.45) is 7.05 Å². The number of H-pyrrole nitrogens is 1. The molecular formula is C16H19N5OS. The second-order valence-corrected chi connectivity index (χ2v) is 6.95. The third kappa shape index (κ3) is 2.26. The SMILES string of the molecule is CCc1nn(C)c2n[nH]c(NC(=O)C3CCCc4sccc43)c12. The molecule has 0 fully saturated rings. The molecule has 23 heavy (non-hydrogen) atoms. The number of aromatic amines is 1. The molecular weight excluding hydrogens is 310 g/mol. The highest BCUT2D eigenvalue weighted by molar-refractivity contribution is 7.10. The summed E-state index contributed by atoms with van der Waals surface area (Å²) < 4.78 is 1.75. The van der Waals surface area contributed by atoms with Crippen molar-refractivity contribution in [3.8, 4) is 0 Å². The van der Waals surface area contributed by atoms with Gasteiger partial charge in [0.05, 0.1) is 17.0 Å². The van der Waals surface area contributed by atoms with Crippen LogP contribution in [0.3, 0.4) is 0 Å². The summed E-state index contributed by atoms with van der Waals surface area (Å²) in [5.74, 6) is 0.642. The lowest BCUT2D eigenvalue weighted by atomic mass is 9.87. The van der Waals surface area contributed by atoms with Gasteiger partial charge in [0.15, 0.2) is 5.65 Å². The number of rotatable bonds is 3. The van der Waals surface area contributed by atoms with E-state index in [0.717, 1.165) is 42.4 Å². The molecule has 1 aliphatic rings. The summed E-state index contributed by atoms with van der Waals surface area (Å²) in [5, 5.41) is 17.8. The fourth-order valence-corrected chi connectivity index (χ4v) is 4.41. The number of fused-ring (bicyclic) bond motifs is 2. The molecule has 0 aliphatic heterocycles. The topological polar surface area (TPSA) is 75.6 Å². The Hall–Kier alpha value is -2.15. The van der Waals surface area contributed by atoms with Crippen molar-refractivity contribution in [2.45, 2.75) is 38.5 Å². The van der Waals surface area contributed by atoms with Gasteiger partial charge < -0.3 is 5.32 Å². The summed E-state index contributed by atoms with van der Waals surface area (Å²) in [5.41, 5.74) is 2.92. The van der Waals surface area contributed by atoms with Crippen LogP contribution in [0.25, 0.3) is 11.0 Å². The molecule has 120 valence electrons. The second kappa shape index (κ2) is 5.49. The van der Waals surface area contributed by atoms with E-state index in [1.54, 1.807) is 16.0 Å². The van der Waals surface area contributed by atoms with Gasteiger partial charge in [-0.25, -0.2) is 4.68 Å². The van der Waals surface area contributed by atoms with E-state index in [0.29, 0.717) is 5.82 Å². The van der Waals surface area contributed by atoms with Gasteiger partial charge in [-0.2, -0.15) is 10.2 Å². The van der Waals surface area contributed by atoms with Crippen molar-refractivity contribution in [1.29, 1.82) is 0 Å². The number of amides is 1. The molecule has 3 heterocycles. The Morgan fingerprint density at radius 3 is 3.26 bits per heavy atom.